The van der Waals surface area contributed by atoms with Crippen LogP contribution in [0.1, 0.15) is 13.8 Å². The molecule has 0 fully saturated rings. The predicted molar refractivity (Wildman–Crippen MR) is 80.4 cm³/mol. The number of halogens is 1. The van der Waals surface area contributed by atoms with Crippen LogP contribution in [0.15, 0.2) is 47.4 Å². The summed E-state index contributed by atoms with van der Waals surface area (Å²) in [6, 6.07) is 5.51. The standard InChI is InChI=1S/C14H16ClNOS/c1-3-5-6-7-14(17)16-12-10-11(15)8-9-13(12)18-4-2/h3,5-10H,4H2,1-2H3,(H,16,17)/b5-3+,7-6+. The van der Waals surface area contributed by atoms with E-state index in [1.54, 1.807) is 30.0 Å². The highest BCUT2D eigenvalue weighted by Gasteiger charge is 2.05. The second-order valence-electron chi connectivity index (χ2n) is 3.45. The van der Waals surface area contributed by atoms with E-state index < -0.39 is 0 Å². The van der Waals surface area contributed by atoms with Crippen LogP contribution in [-0.2, 0) is 4.79 Å². The first-order valence-electron chi connectivity index (χ1n) is 5.70. The van der Waals surface area contributed by atoms with Crippen molar-refractivity contribution in [3.63, 3.8) is 0 Å². The van der Waals surface area contributed by atoms with Gasteiger partial charge in [-0.2, -0.15) is 0 Å². The van der Waals surface area contributed by atoms with Crippen LogP contribution in [0.25, 0.3) is 0 Å². The van der Waals surface area contributed by atoms with Crippen molar-refractivity contribution in [2.45, 2.75) is 18.7 Å². The van der Waals surface area contributed by atoms with Gasteiger partial charge in [-0.15, -0.1) is 11.8 Å². The molecule has 0 spiro atoms. The van der Waals surface area contributed by atoms with Gasteiger partial charge < -0.3 is 5.32 Å². The second-order valence-corrected chi connectivity index (χ2v) is 5.19. The number of allylic oxidation sites excluding steroid dienone is 3. The monoisotopic (exact) mass is 281 g/mol. The van der Waals surface area contributed by atoms with E-state index in [1.807, 2.05) is 25.1 Å². The fraction of sp³-hybridized carbons (Fsp3) is 0.214. The lowest BCUT2D eigenvalue weighted by atomic mass is 10.3. The van der Waals surface area contributed by atoms with Crippen LogP contribution < -0.4 is 5.32 Å². The summed E-state index contributed by atoms with van der Waals surface area (Å²) in [4.78, 5) is 12.7. The molecule has 0 saturated carbocycles. The van der Waals surface area contributed by atoms with Crippen LogP contribution in [-0.4, -0.2) is 11.7 Å². The van der Waals surface area contributed by atoms with E-state index in [9.17, 15) is 4.79 Å². The molecule has 1 aromatic carbocycles. The molecule has 0 aliphatic heterocycles. The zero-order valence-electron chi connectivity index (χ0n) is 10.4. The van der Waals surface area contributed by atoms with Crippen LogP contribution in [0.2, 0.25) is 5.02 Å². The van der Waals surface area contributed by atoms with Crippen LogP contribution in [0.4, 0.5) is 5.69 Å². The summed E-state index contributed by atoms with van der Waals surface area (Å²) >= 11 is 7.61. The minimum atomic E-state index is -0.159. The Hall–Kier alpha value is -1.19. The topological polar surface area (TPSA) is 29.1 Å². The molecule has 0 aliphatic carbocycles. The lowest BCUT2D eigenvalue weighted by Gasteiger charge is -2.09. The van der Waals surface area contributed by atoms with Gasteiger partial charge in [-0.1, -0.05) is 36.8 Å². The Kier molecular flexibility index (Phi) is 6.61. The molecule has 1 rings (SSSR count). The van der Waals surface area contributed by atoms with E-state index in [4.69, 9.17) is 11.6 Å². The number of hydrogen-bond acceptors (Lipinski definition) is 2. The van der Waals surface area contributed by atoms with Crippen molar-refractivity contribution >= 4 is 35.0 Å². The number of carbonyl (C=O) groups excluding carboxylic acids is 1. The molecule has 0 unspecified atom stereocenters. The van der Waals surface area contributed by atoms with E-state index in [0.29, 0.717) is 5.02 Å². The number of nitrogens with one attached hydrogen (secondary N) is 1. The SMILES string of the molecule is C/C=C/C=C/C(=O)Nc1cc(Cl)ccc1SCC. The molecule has 1 N–H and O–H groups in total. The van der Waals surface area contributed by atoms with Gasteiger partial charge >= 0.3 is 0 Å². The first kappa shape index (κ1) is 14.9. The normalized spacial score (nSPS) is 11.3. The molecule has 18 heavy (non-hydrogen) atoms. The van der Waals surface area contributed by atoms with Gasteiger partial charge in [0.15, 0.2) is 0 Å². The Morgan fingerprint density at radius 1 is 1.44 bits per heavy atom. The van der Waals surface area contributed by atoms with Crippen molar-refractivity contribution in [2.75, 3.05) is 11.1 Å². The zero-order valence-corrected chi connectivity index (χ0v) is 12.0. The van der Waals surface area contributed by atoms with Crippen LogP contribution in [0, 0.1) is 0 Å². The zero-order chi connectivity index (χ0) is 13.4. The summed E-state index contributed by atoms with van der Waals surface area (Å²) in [5.74, 6) is 0.784. The Labute approximate surface area is 117 Å². The minimum absolute atomic E-state index is 0.159. The molecule has 0 bridgehead atoms. The van der Waals surface area contributed by atoms with E-state index >= 15 is 0 Å². The molecule has 2 nitrogen and oxygen atoms in total. The van der Waals surface area contributed by atoms with Gasteiger partial charge in [0.1, 0.15) is 0 Å². The number of anilines is 1. The van der Waals surface area contributed by atoms with Gasteiger partial charge in [-0.05, 0) is 30.9 Å². The van der Waals surface area contributed by atoms with Gasteiger partial charge in [-0.3, -0.25) is 4.79 Å². The maximum atomic E-state index is 11.7. The third kappa shape index (κ3) is 4.98. The molecule has 0 aromatic heterocycles. The van der Waals surface area contributed by atoms with E-state index in [-0.39, 0.29) is 5.91 Å². The quantitative estimate of drug-likeness (QED) is 0.488. The first-order valence-corrected chi connectivity index (χ1v) is 7.06. The average molecular weight is 282 g/mol. The summed E-state index contributed by atoms with van der Waals surface area (Å²) in [5.41, 5.74) is 0.754. The second kappa shape index (κ2) is 8.01. The van der Waals surface area contributed by atoms with Gasteiger partial charge in [0.2, 0.25) is 5.91 Å². The average Bonchev–Trinajstić information content (AvgIpc) is 2.33. The van der Waals surface area contributed by atoms with Gasteiger partial charge in [0.05, 0.1) is 5.69 Å². The summed E-state index contributed by atoms with van der Waals surface area (Å²) in [6.07, 6.45) is 6.86. The third-order valence-corrected chi connectivity index (χ3v) is 3.24. The fourth-order valence-corrected chi connectivity index (χ4v) is 2.22. The van der Waals surface area contributed by atoms with E-state index in [1.165, 1.54) is 6.08 Å². The van der Waals surface area contributed by atoms with E-state index in [2.05, 4.69) is 12.2 Å². The van der Waals surface area contributed by atoms with Crippen molar-refractivity contribution < 1.29 is 4.79 Å². The molecule has 0 radical (unpaired) electrons. The van der Waals surface area contributed by atoms with E-state index in [0.717, 1.165) is 16.3 Å². The smallest absolute Gasteiger partial charge is 0.248 e. The van der Waals surface area contributed by atoms with Crippen LogP contribution >= 0.6 is 23.4 Å². The first-order chi connectivity index (χ1) is 8.67. The lowest BCUT2D eigenvalue weighted by molar-refractivity contribution is -0.111. The molecule has 0 atom stereocenters. The Morgan fingerprint density at radius 2 is 2.22 bits per heavy atom. The maximum absolute atomic E-state index is 11.7. The highest BCUT2D eigenvalue weighted by atomic mass is 35.5. The number of hydrogen-bond donors (Lipinski definition) is 1. The van der Waals surface area contributed by atoms with Crippen LogP contribution in [0.5, 0.6) is 0 Å². The fourth-order valence-electron chi connectivity index (χ4n) is 1.31. The van der Waals surface area contributed by atoms with Crippen molar-refractivity contribution in [3.05, 3.63) is 47.5 Å². The van der Waals surface area contributed by atoms with Gasteiger partial charge in [0.25, 0.3) is 0 Å². The lowest BCUT2D eigenvalue weighted by Crippen LogP contribution is -2.08. The Morgan fingerprint density at radius 3 is 2.89 bits per heavy atom. The summed E-state index contributed by atoms with van der Waals surface area (Å²) in [6.45, 7) is 3.96. The summed E-state index contributed by atoms with van der Waals surface area (Å²) in [7, 11) is 0. The molecule has 96 valence electrons. The Bertz CT molecular complexity index is 469. The molecular formula is C14H16ClNOS. The minimum Gasteiger partial charge on any atom is -0.321 e. The molecule has 4 heteroatoms. The number of thioether (sulfide) groups is 1. The van der Waals surface area contributed by atoms with Gasteiger partial charge in [0, 0.05) is 16.0 Å². The highest BCUT2D eigenvalue weighted by Crippen LogP contribution is 2.29. The number of carbonyl (C=O) groups is 1. The summed E-state index contributed by atoms with van der Waals surface area (Å²) in [5, 5.41) is 3.44. The molecular weight excluding hydrogens is 266 g/mol. The van der Waals surface area contributed by atoms with Crippen LogP contribution in [0.3, 0.4) is 0 Å². The molecule has 1 amide bonds. The molecule has 0 saturated heterocycles. The largest absolute Gasteiger partial charge is 0.321 e. The number of benzene rings is 1. The highest BCUT2D eigenvalue weighted by molar-refractivity contribution is 7.99. The molecule has 0 heterocycles. The predicted octanol–water partition coefficient (Wildman–Crippen LogP) is 4.52. The van der Waals surface area contributed by atoms with Crippen molar-refractivity contribution in [3.8, 4) is 0 Å². The van der Waals surface area contributed by atoms with Crippen molar-refractivity contribution in [2.24, 2.45) is 0 Å². The Balaban J connectivity index is 2.81. The number of amides is 1. The maximum Gasteiger partial charge on any atom is 0.248 e. The third-order valence-electron chi connectivity index (χ3n) is 2.05. The molecule has 1 aromatic rings. The van der Waals surface area contributed by atoms with Crippen molar-refractivity contribution in [1.82, 2.24) is 0 Å². The summed E-state index contributed by atoms with van der Waals surface area (Å²) < 4.78 is 0. The van der Waals surface area contributed by atoms with Gasteiger partial charge in [-0.25, -0.2) is 0 Å². The molecule has 0 aliphatic rings. The van der Waals surface area contributed by atoms with Crippen molar-refractivity contribution in [1.29, 1.82) is 0 Å². The number of rotatable bonds is 5.